The molecule has 0 aliphatic heterocycles. The minimum absolute atomic E-state index is 0.154. The SMILES string of the molecule is COc1ccc([N+](=O)[O-])c(/C=N/O)c1Br. The predicted octanol–water partition coefficient (Wildman–Crippen LogP) is 2.17. The van der Waals surface area contributed by atoms with Gasteiger partial charge in [-0.2, -0.15) is 0 Å². The van der Waals surface area contributed by atoms with Gasteiger partial charge in [0.05, 0.1) is 28.3 Å². The van der Waals surface area contributed by atoms with Gasteiger partial charge in [-0.1, -0.05) is 5.16 Å². The van der Waals surface area contributed by atoms with Crippen LogP contribution in [0.1, 0.15) is 5.56 Å². The van der Waals surface area contributed by atoms with E-state index in [9.17, 15) is 10.1 Å². The first kappa shape index (κ1) is 11.4. The largest absolute Gasteiger partial charge is 0.496 e. The first-order valence-corrected chi connectivity index (χ1v) is 4.59. The van der Waals surface area contributed by atoms with Gasteiger partial charge in [0.25, 0.3) is 5.69 Å². The normalized spacial score (nSPS) is 10.5. The van der Waals surface area contributed by atoms with Crippen LogP contribution in [-0.2, 0) is 0 Å². The van der Waals surface area contributed by atoms with Crippen LogP contribution in [-0.4, -0.2) is 23.5 Å². The Balaban J connectivity index is 3.43. The van der Waals surface area contributed by atoms with E-state index in [4.69, 9.17) is 9.94 Å². The number of ether oxygens (including phenoxy) is 1. The highest BCUT2D eigenvalue weighted by molar-refractivity contribution is 9.10. The van der Waals surface area contributed by atoms with Gasteiger partial charge in [-0.15, -0.1) is 0 Å². The van der Waals surface area contributed by atoms with Gasteiger partial charge in [-0.05, 0) is 22.0 Å². The van der Waals surface area contributed by atoms with E-state index in [-0.39, 0.29) is 11.3 Å². The van der Waals surface area contributed by atoms with Crippen molar-refractivity contribution in [2.24, 2.45) is 5.16 Å². The fourth-order valence-corrected chi connectivity index (χ4v) is 1.66. The smallest absolute Gasteiger partial charge is 0.279 e. The topological polar surface area (TPSA) is 85.0 Å². The summed E-state index contributed by atoms with van der Waals surface area (Å²) < 4.78 is 5.33. The van der Waals surface area contributed by atoms with E-state index in [1.807, 2.05) is 0 Å². The van der Waals surface area contributed by atoms with Gasteiger partial charge in [0.1, 0.15) is 5.75 Å². The Morgan fingerprint density at radius 2 is 2.33 bits per heavy atom. The molecule has 0 unspecified atom stereocenters. The Hall–Kier alpha value is -1.63. The standard InChI is InChI=1S/C8H7BrN2O4/c1-15-7-3-2-6(11(13)14)5(4-10-12)8(7)9/h2-4,12H,1H3/b10-4+. The molecule has 0 aliphatic carbocycles. The second-order valence-corrected chi connectivity index (χ2v) is 3.31. The summed E-state index contributed by atoms with van der Waals surface area (Å²) >= 11 is 3.13. The maximum atomic E-state index is 10.6. The Kier molecular flexibility index (Phi) is 3.62. The van der Waals surface area contributed by atoms with Crippen LogP contribution in [0.5, 0.6) is 5.75 Å². The lowest BCUT2D eigenvalue weighted by Crippen LogP contribution is -1.97. The molecule has 0 radical (unpaired) electrons. The van der Waals surface area contributed by atoms with Crippen LogP contribution in [0.15, 0.2) is 21.8 Å². The molecule has 0 spiro atoms. The van der Waals surface area contributed by atoms with E-state index in [0.29, 0.717) is 10.2 Å². The highest BCUT2D eigenvalue weighted by Crippen LogP contribution is 2.33. The molecule has 0 aliphatic rings. The molecule has 0 saturated heterocycles. The van der Waals surface area contributed by atoms with Crippen LogP contribution in [0.4, 0.5) is 5.69 Å². The summed E-state index contributed by atoms with van der Waals surface area (Å²) in [5, 5.41) is 21.8. The summed E-state index contributed by atoms with van der Waals surface area (Å²) in [6, 6.07) is 2.73. The molecule has 0 heterocycles. The fraction of sp³-hybridized carbons (Fsp3) is 0.125. The zero-order chi connectivity index (χ0) is 11.4. The third-order valence-electron chi connectivity index (χ3n) is 1.72. The van der Waals surface area contributed by atoms with E-state index in [1.165, 1.54) is 19.2 Å². The third-order valence-corrected chi connectivity index (χ3v) is 2.54. The Bertz CT molecular complexity index is 419. The van der Waals surface area contributed by atoms with E-state index >= 15 is 0 Å². The lowest BCUT2D eigenvalue weighted by Gasteiger charge is -2.05. The Morgan fingerprint density at radius 1 is 1.67 bits per heavy atom. The number of methoxy groups -OCH3 is 1. The average molecular weight is 275 g/mol. The number of oxime groups is 1. The molecule has 0 amide bonds. The number of nitrogens with zero attached hydrogens (tertiary/aromatic N) is 2. The number of hydrogen-bond acceptors (Lipinski definition) is 5. The first-order chi connectivity index (χ1) is 7.11. The van der Waals surface area contributed by atoms with Crippen molar-refractivity contribution in [2.75, 3.05) is 7.11 Å². The van der Waals surface area contributed by atoms with Gasteiger partial charge in [-0.25, -0.2) is 0 Å². The monoisotopic (exact) mass is 274 g/mol. The number of rotatable bonds is 3. The Morgan fingerprint density at radius 3 is 2.80 bits per heavy atom. The van der Waals surface area contributed by atoms with Crippen molar-refractivity contribution >= 4 is 27.8 Å². The van der Waals surface area contributed by atoms with Crippen molar-refractivity contribution in [3.05, 3.63) is 32.3 Å². The second kappa shape index (κ2) is 4.74. The molecule has 1 aromatic rings. The molecule has 7 heteroatoms. The molecule has 1 aromatic carbocycles. The molecule has 0 bridgehead atoms. The molecular weight excluding hydrogens is 268 g/mol. The van der Waals surface area contributed by atoms with E-state index in [2.05, 4.69) is 21.1 Å². The molecule has 80 valence electrons. The molecule has 1 N–H and O–H groups in total. The Labute approximate surface area is 93.4 Å². The zero-order valence-corrected chi connectivity index (χ0v) is 9.26. The quantitative estimate of drug-likeness (QED) is 0.396. The minimum atomic E-state index is -0.568. The molecule has 0 saturated carbocycles. The van der Waals surface area contributed by atoms with Gasteiger partial charge < -0.3 is 9.94 Å². The van der Waals surface area contributed by atoms with Crippen LogP contribution in [0, 0.1) is 10.1 Å². The number of hydrogen-bond donors (Lipinski definition) is 1. The van der Waals surface area contributed by atoms with Crippen LogP contribution in [0.25, 0.3) is 0 Å². The number of halogens is 1. The van der Waals surface area contributed by atoms with Gasteiger partial charge in [0.2, 0.25) is 0 Å². The maximum Gasteiger partial charge on any atom is 0.279 e. The highest BCUT2D eigenvalue weighted by atomic mass is 79.9. The molecule has 1 rings (SSSR count). The van der Waals surface area contributed by atoms with Crippen LogP contribution < -0.4 is 4.74 Å². The third kappa shape index (κ3) is 2.24. The fourth-order valence-electron chi connectivity index (χ4n) is 1.06. The van der Waals surface area contributed by atoms with Gasteiger partial charge in [0, 0.05) is 6.07 Å². The summed E-state index contributed by atoms with van der Waals surface area (Å²) in [6.07, 6.45) is 0.977. The van der Waals surface area contributed by atoms with E-state index < -0.39 is 4.92 Å². The minimum Gasteiger partial charge on any atom is -0.496 e. The highest BCUT2D eigenvalue weighted by Gasteiger charge is 2.18. The lowest BCUT2D eigenvalue weighted by atomic mass is 10.2. The predicted molar refractivity (Wildman–Crippen MR) is 56.7 cm³/mol. The van der Waals surface area contributed by atoms with Gasteiger partial charge in [0.15, 0.2) is 0 Å². The molecule has 15 heavy (non-hydrogen) atoms. The molecule has 0 fully saturated rings. The van der Waals surface area contributed by atoms with Crippen LogP contribution >= 0.6 is 15.9 Å². The van der Waals surface area contributed by atoms with Gasteiger partial charge in [-0.3, -0.25) is 10.1 Å². The molecule has 0 atom stereocenters. The average Bonchev–Trinajstić information content (AvgIpc) is 2.20. The molecule has 0 aromatic heterocycles. The van der Waals surface area contributed by atoms with Crippen molar-refractivity contribution in [1.29, 1.82) is 0 Å². The van der Waals surface area contributed by atoms with Crippen molar-refractivity contribution in [2.45, 2.75) is 0 Å². The maximum absolute atomic E-state index is 10.6. The lowest BCUT2D eigenvalue weighted by molar-refractivity contribution is -0.385. The van der Waals surface area contributed by atoms with Gasteiger partial charge >= 0.3 is 0 Å². The van der Waals surface area contributed by atoms with E-state index in [0.717, 1.165) is 6.21 Å². The van der Waals surface area contributed by atoms with Crippen LogP contribution in [0.3, 0.4) is 0 Å². The summed E-state index contributed by atoms with van der Waals surface area (Å²) in [5.41, 5.74) is -0.0117. The number of nitro groups is 1. The molecule has 6 nitrogen and oxygen atoms in total. The summed E-state index contributed by atoms with van der Waals surface area (Å²) in [4.78, 5) is 10.1. The summed E-state index contributed by atoms with van der Waals surface area (Å²) in [6.45, 7) is 0. The number of benzene rings is 1. The zero-order valence-electron chi connectivity index (χ0n) is 7.68. The van der Waals surface area contributed by atoms with E-state index in [1.54, 1.807) is 0 Å². The van der Waals surface area contributed by atoms with Crippen molar-refractivity contribution in [1.82, 2.24) is 0 Å². The first-order valence-electron chi connectivity index (χ1n) is 3.80. The van der Waals surface area contributed by atoms with Crippen LogP contribution in [0.2, 0.25) is 0 Å². The second-order valence-electron chi connectivity index (χ2n) is 2.52. The van der Waals surface area contributed by atoms with Crippen molar-refractivity contribution < 1.29 is 14.9 Å². The summed E-state index contributed by atoms with van der Waals surface area (Å²) in [5.74, 6) is 0.426. The molecular formula is C8H7BrN2O4. The summed E-state index contributed by atoms with van der Waals surface area (Å²) in [7, 11) is 1.44. The number of nitro benzene ring substituents is 1. The van der Waals surface area contributed by atoms with Crippen molar-refractivity contribution in [3.8, 4) is 5.75 Å². The van der Waals surface area contributed by atoms with Crippen molar-refractivity contribution in [3.63, 3.8) is 0 Å².